The minimum absolute atomic E-state index is 0.0879. The molecule has 0 aliphatic rings. The van der Waals surface area contributed by atoms with E-state index in [2.05, 4.69) is 10.3 Å². The number of nitrogens with zero attached hydrogens (tertiary/aromatic N) is 2. The molecule has 0 fully saturated rings. The van der Waals surface area contributed by atoms with E-state index in [4.69, 9.17) is 11.6 Å². The minimum atomic E-state index is -0.0879. The van der Waals surface area contributed by atoms with E-state index in [0.29, 0.717) is 22.6 Å². The van der Waals surface area contributed by atoms with Crippen LogP contribution in [0.4, 0.5) is 5.69 Å². The van der Waals surface area contributed by atoms with Crippen molar-refractivity contribution in [2.45, 2.75) is 6.67 Å². The highest BCUT2D eigenvalue weighted by atomic mass is 35.5. The molecule has 0 radical (unpaired) electrons. The van der Waals surface area contributed by atoms with E-state index in [1.807, 2.05) is 30.3 Å². The van der Waals surface area contributed by atoms with Gasteiger partial charge in [-0.1, -0.05) is 29.8 Å². The Morgan fingerprint density at radius 2 is 1.95 bits per heavy atom. The summed E-state index contributed by atoms with van der Waals surface area (Å²) in [6.45, 7) is 0.369. The first kappa shape index (κ1) is 12.7. The predicted octanol–water partition coefficient (Wildman–Crippen LogP) is 3.12. The Kier molecular flexibility index (Phi) is 3.39. The van der Waals surface area contributed by atoms with E-state index >= 15 is 0 Å². The minimum Gasteiger partial charge on any atom is -0.367 e. The van der Waals surface area contributed by atoms with E-state index in [1.54, 1.807) is 18.2 Å². The summed E-state index contributed by atoms with van der Waals surface area (Å²) < 4.78 is 1.53. The lowest BCUT2D eigenvalue weighted by Gasteiger charge is -2.09. The average molecular weight is 286 g/mol. The van der Waals surface area contributed by atoms with Gasteiger partial charge in [0.25, 0.3) is 5.56 Å². The molecule has 0 aliphatic heterocycles. The van der Waals surface area contributed by atoms with E-state index < -0.39 is 0 Å². The van der Waals surface area contributed by atoms with Gasteiger partial charge in [0.1, 0.15) is 0 Å². The summed E-state index contributed by atoms with van der Waals surface area (Å²) in [4.78, 5) is 16.6. The van der Waals surface area contributed by atoms with E-state index in [-0.39, 0.29) is 5.56 Å². The van der Waals surface area contributed by atoms with Crippen LogP contribution in [0.5, 0.6) is 0 Å². The number of para-hydroxylation sites is 1. The van der Waals surface area contributed by atoms with Crippen LogP contribution < -0.4 is 10.9 Å². The molecule has 0 saturated carbocycles. The summed E-state index contributed by atoms with van der Waals surface area (Å²) in [6, 6.07) is 14.8. The molecule has 20 heavy (non-hydrogen) atoms. The Hall–Kier alpha value is -2.33. The second-order valence-corrected chi connectivity index (χ2v) is 4.82. The fraction of sp³-hybridized carbons (Fsp3) is 0.0667. The van der Waals surface area contributed by atoms with Crippen LogP contribution in [0.25, 0.3) is 10.9 Å². The van der Waals surface area contributed by atoms with Crippen LogP contribution in [0.2, 0.25) is 5.02 Å². The molecule has 3 rings (SSSR count). The maximum absolute atomic E-state index is 12.3. The van der Waals surface area contributed by atoms with Crippen LogP contribution in [0.1, 0.15) is 0 Å². The summed E-state index contributed by atoms with van der Waals surface area (Å²) in [5.41, 5.74) is 1.48. The fourth-order valence-electron chi connectivity index (χ4n) is 1.98. The monoisotopic (exact) mass is 285 g/mol. The van der Waals surface area contributed by atoms with Gasteiger partial charge in [0, 0.05) is 10.7 Å². The molecule has 4 nitrogen and oxygen atoms in total. The number of hydrogen-bond donors (Lipinski definition) is 1. The summed E-state index contributed by atoms with van der Waals surface area (Å²) in [7, 11) is 0. The zero-order valence-electron chi connectivity index (χ0n) is 10.6. The molecule has 100 valence electrons. The van der Waals surface area contributed by atoms with Crippen molar-refractivity contribution in [3.05, 3.63) is 70.2 Å². The Labute approximate surface area is 120 Å². The van der Waals surface area contributed by atoms with Crippen molar-refractivity contribution in [1.82, 2.24) is 9.55 Å². The SMILES string of the molecule is O=c1c2ccc(Cl)cc2ncn1CNc1ccccc1. The Morgan fingerprint density at radius 3 is 2.75 bits per heavy atom. The van der Waals surface area contributed by atoms with Crippen molar-refractivity contribution >= 4 is 28.2 Å². The largest absolute Gasteiger partial charge is 0.367 e. The normalized spacial score (nSPS) is 10.7. The van der Waals surface area contributed by atoms with Gasteiger partial charge in [-0.2, -0.15) is 0 Å². The number of rotatable bonds is 3. The van der Waals surface area contributed by atoms with Gasteiger partial charge in [0.05, 0.1) is 23.9 Å². The number of nitrogens with one attached hydrogen (secondary N) is 1. The van der Waals surface area contributed by atoms with Crippen LogP contribution in [-0.2, 0) is 6.67 Å². The molecule has 0 unspecified atom stereocenters. The summed E-state index contributed by atoms with van der Waals surface area (Å²) >= 11 is 5.89. The van der Waals surface area contributed by atoms with E-state index in [1.165, 1.54) is 10.9 Å². The Morgan fingerprint density at radius 1 is 1.15 bits per heavy atom. The molecule has 1 N–H and O–H groups in total. The van der Waals surface area contributed by atoms with E-state index in [0.717, 1.165) is 5.69 Å². The zero-order valence-corrected chi connectivity index (χ0v) is 11.3. The molecule has 0 spiro atoms. The molecular formula is C15H12ClN3O. The second-order valence-electron chi connectivity index (χ2n) is 4.38. The van der Waals surface area contributed by atoms with Crippen LogP contribution in [0.3, 0.4) is 0 Å². The van der Waals surface area contributed by atoms with Crippen molar-refractivity contribution in [3.8, 4) is 0 Å². The fourth-order valence-corrected chi connectivity index (χ4v) is 2.14. The van der Waals surface area contributed by atoms with Gasteiger partial charge in [-0.05, 0) is 30.3 Å². The van der Waals surface area contributed by atoms with Gasteiger partial charge in [-0.15, -0.1) is 0 Å². The molecule has 0 aliphatic carbocycles. The van der Waals surface area contributed by atoms with Gasteiger partial charge in [-0.3, -0.25) is 9.36 Å². The molecule has 0 atom stereocenters. The Balaban J connectivity index is 1.91. The standard InChI is InChI=1S/C15H12ClN3O/c16-11-6-7-13-14(8-11)18-10-19(15(13)20)9-17-12-4-2-1-3-5-12/h1-8,10,17H,9H2. The Bertz CT molecular complexity index is 799. The molecule has 1 aromatic heterocycles. The summed E-state index contributed by atoms with van der Waals surface area (Å²) in [5.74, 6) is 0. The smallest absolute Gasteiger partial charge is 0.262 e. The maximum Gasteiger partial charge on any atom is 0.262 e. The molecule has 0 amide bonds. The van der Waals surface area contributed by atoms with Gasteiger partial charge < -0.3 is 5.32 Å². The lowest BCUT2D eigenvalue weighted by molar-refractivity contribution is 0.729. The van der Waals surface area contributed by atoms with Gasteiger partial charge in [-0.25, -0.2) is 4.98 Å². The number of aromatic nitrogens is 2. The third kappa shape index (κ3) is 2.51. The zero-order chi connectivity index (χ0) is 13.9. The first-order valence-electron chi connectivity index (χ1n) is 6.18. The van der Waals surface area contributed by atoms with Crippen molar-refractivity contribution in [2.75, 3.05) is 5.32 Å². The van der Waals surface area contributed by atoms with Crippen LogP contribution in [0.15, 0.2) is 59.7 Å². The maximum atomic E-state index is 12.3. The summed E-state index contributed by atoms with van der Waals surface area (Å²) in [6.07, 6.45) is 1.52. The number of anilines is 1. The highest BCUT2D eigenvalue weighted by Gasteiger charge is 2.04. The van der Waals surface area contributed by atoms with Crippen molar-refractivity contribution in [3.63, 3.8) is 0 Å². The van der Waals surface area contributed by atoms with Crippen LogP contribution in [0, 0.1) is 0 Å². The van der Waals surface area contributed by atoms with Crippen LogP contribution in [-0.4, -0.2) is 9.55 Å². The van der Waals surface area contributed by atoms with Gasteiger partial charge >= 0.3 is 0 Å². The summed E-state index contributed by atoms with van der Waals surface area (Å²) in [5, 5.41) is 4.31. The van der Waals surface area contributed by atoms with Gasteiger partial charge in [0.15, 0.2) is 0 Å². The molecular weight excluding hydrogens is 274 g/mol. The quantitative estimate of drug-likeness (QED) is 0.804. The lowest BCUT2D eigenvalue weighted by atomic mass is 10.2. The first-order valence-corrected chi connectivity index (χ1v) is 6.55. The molecule has 5 heteroatoms. The molecule has 0 bridgehead atoms. The molecule has 2 aromatic carbocycles. The molecule has 0 saturated heterocycles. The topological polar surface area (TPSA) is 46.9 Å². The van der Waals surface area contributed by atoms with Crippen molar-refractivity contribution < 1.29 is 0 Å². The van der Waals surface area contributed by atoms with Gasteiger partial charge in [0.2, 0.25) is 0 Å². The number of hydrogen-bond acceptors (Lipinski definition) is 3. The number of halogens is 1. The number of benzene rings is 2. The second kappa shape index (κ2) is 5.35. The highest BCUT2D eigenvalue weighted by molar-refractivity contribution is 6.31. The highest BCUT2D eigenvalue weighted by Crippen LogP contribution is 2.14. The van der Waals surface area contributed by atoms with E-state index in [9.17, 15) is 4.79 Å². The third-order valence-electron chi connectivity index (χ3n) is 3.01. The molecule has 1 heterocycles. The lowest BCUT2D eigenvalue weighted by Crippen LogP contribution is -2.24. The first-order chi connectivity index (χ1) is 9.74. The third-order valence-corrected chi connectivity index (χ3v) is 3.25. The molecule has 3 aromatic rings. The predicted molar refractivity (Wildman–Crippen MR) is 81.1 cm³/mol. The number of fused-ring (bicyclic) bond motifs is 1. The van der Waals surface area contributed by atoms with Crippen molar-refractivity contribution in [1.29, 1.82) is 0 Å². The van der Waals surface area contributed by atoms with Crippen molar-refractivity contribution in [2.24, 2.45) is 0 Å². The van der Waals surface area contributed by atoms with Crippen LogP contribution >= 0.6 is 11.6 Å². The average Bonchev–Trinajstić information content (AvgIpc) is 2.47.